The summed E-state index contributed by atoms with van der Waals surface area (Å²) in [7, 11) is 0. The maximum atomic E-state index is 4.32. The van der Waals surface area contributed by atoms with Crippen LogP contribution in [0.15, 0.2) is 18.6 Å². The molecule has 4 nitrogen and oxygen atoms in total. The summed E-state index contributed by atoms with van der Waals surface area (Å²) in [5.41, 5.74) is 1.07. The third-order valence-electron chi connectivity index (χ3n) is 3.16. The normalized spacial score (nSPS) is 18.8. The van der Waals surface area contributed by atoms with Crippen molar-refractivity contribution in [2.75, 3.05) is 13.1 Å². The van der Waals surface area contributed by atoms with Gasteiger partial charge in [0.05, 0.1) is 5.69 Å². The van der Waals surface area contributed by atoms with Gasteiger partial charge in [0.2, 0.25) is 0 Å². The monoisotopic (exact) mass is 234 g/mol. The van der Waals surface area contributed by atoms with Gasteiger partial charge in [0.1, 0.15) is 0 Å². The van der Waals surface area contributed by atoms with Crippen molar-refractivity contribution in [1.29, 1.82) is 0 Å². The van der Waals surface area contributed by atoms with Gasteiger partial charge >= 0.3 is 0 Å². The molecule has 1 fully saturated rings. The smallest absolute Gasteiger partial charge is 0.0726 e. The number of rotatable bonds is 4. The summed E-state index contributed by atoms with van der Waals surface area (Å²) < 4.78 is 0. The van der Waals surface area contributed by atoms with Gasteiger partial charge in [-0.15, -0.1) is 0 Å². The zero-order valence-electron chi connectivity index (χ0n) is 10.8. The molecule has 2 rings (SSSR count). The molecule has 0 aromatic carbocycles. The minimum atomic E-state index is 0.589. The lowest BCUT2D eigenvalue weighted by Gasteiger charge is -2.33. The van der Waals surface area contributed by atoms with E-state index in [0.29, 0.717) is 12.1 Å². The van der Waals surface area contributed by atoms with Crippen LogP contribution in [0, 0.1) is 0 Å². The second-order valence-corrected chi connectivity index (χ2v) is 5.07. The van der Waals surface area contributed by atoms with Crippen LogP contribution in [0.1, 0.15) is 32.4 Å². The van der Waals surface area contributed by atoms with E-state index in [4.69, 9.17) is 0 Å². The Morgan fingerprint density at radius 2 is 2.12 bits per heavy atom. The van der Waals surface area contributed by atoms with Crippen LogP contribution in [-0.4, -0.2) is 40.0 Å². The Morgan fingerprint density at radius 1 is 1.35 bits per heavy atom. The molecule has 0 radical (unpaired) electrons. The minimum Gasteiger partial charge on any atom is -0.312 e. The lowest BCUT2D eigenvalue weighted by molar-refractivity contribution is 0.184. The zero-order valence-corrected chi connectivity index (χ0v) is 10.8. The van der Waals surface area contributed by atoms with Crippen molar-refractivity contribution in [2.24, 2.45) is 0 Å². The second-order valence-electron chi connectivity index (χ2n) is 5.07. The Morgan fingerprint density at radius 3 is 2.71 bits per heavy atom. The topological polar surface area (TPSA) is 41.0 Å². The van der Waals surface area contributed by atoms with Crippen molar-refractivity contribution in [1.82, 2.24) is 20.2 Å². The van der Waals surface area contributed by atoms with Crippen LogP contribution in [-0.2, 0) is 6.54 Å². The molecule has 0 aliphatic carbocycles. The number of hydrogen-bond donors (Lipinski definition) is 1. The van der Waals surface area contributed by atoms with E-state index < -0.39 is 0 Å². The largest absolute Gasteiger partial charge is 0.312 e. The first-order valence-corrected chi connectivity index (χ1v) is 6.47. The Balaban J connectivity index is 1.76. The van der Waals surface area contributed by atoms with Crippen molar-refractivity contribution in [3.63, 3.8) is 0 Å². The highest BCUT2D eigenvalue weighted by atomic mass is 15.1. The molecule has 2 heterocycles. The molecule has 1 aromatic rings. The summed E-state index contributed by atoms with van der Waals surface area (Å²) in [4.78, 5) is 10.9. The predicted molar refractivity (Wildman–Crippen MR) is 68.6 cm³/mol. The lowest BCUT2D eigenvalue weighted by Crippen LogP contribution is -2.44. The van der Waals surface area contributed by atoms with E-state index in [1.807, 2.05) is 6.20 Å². The van der Waals surface area contributed by atoms with Crippen molar-refractivity contribution < 1.29 is 0 Å². The molecule has 0 unspecified atom stereocenters. The van der Waals surface area contributed by atoms with Gasteiger partial charge < -0.3 is 5.32 Å². The van der Waals surface area contributed by atoms with Gasteiger partial charge in [0.25, 0.3) is 0 Å². The predicted octanol–water partition coefficient (Wildman–Crippen LogP) is 1.44. The van der Waals surface area contributed by atoms with Crippen LogP contribution in [0.2, 0.25) is 0 Å². The SMILES string of the molecule is CC(C)NC1CCN(Cc2cnccn2)CC1. The maximum Gasteiger partial charge on any atom is 0.0726 e. The first-order chi connectivity index (χ1) is 8.24. The molecule has 1 aliphatic heterocycles. The number of likely N-dealkylation sites (tertiary alicyclic amines) is 1. The minimum absolute atomic E-state index is 0.589. The number of nitrogens with zero attached hydrogens (tertiary/aromatic N) is 3. The van der Waals surface area contributed by atoms with Gasteiger partial charge in [0.15, 0.2) is 0 Å². The quantitative estimate of drug-likeness (QED) is 0.856. The lowest BCUT2D eigenvalue weighted by atomic mass is 10.0. The molecule has 1 N–H and O–H groups in total. The summed E-state index contributed by atoms with van der Waals surface area (Å²) in [5, 5.41) is 3.61. The Kier molecular flexibility index (Phi) is 4.45. The van der Waals surface area contributed by atoms with Crippen molar-refractivity contribution in [3.05, 3.63) is 24.3 Å². The van der Waals surface area contributed by atoms with E-state index >= 15 is 0 Å². The number of piperidine rings is 1. The van der Waals surface area contributed by atoms with E-state index in [1.165, 1.54) is 12.8 Å². The molecule has 0 amide bonds. The molecule has 0 saturated carbocycles. The van der Waals surface area contributed by atoms with E-state index in [1.54, 1.807) is 12.4 Å². The fraction of sp³-hybridized carbons (Fsp3) is 0.692. The number of hydrogen-bond acceptors (Lipinski definition) is 4. The molecule has 0 bridgehead atoms. The molecule has 94 valence electrons. The average Bonchev–Trinajstić information content (AvgIpc) is 2.32. The average molecular weight is 234 g/mol. The summed E-state index contributed by atoms with van der Waals surface area (Å²) in [6, 6.07) is 1.28. The highest BCUT2D eigenvalue weighted by Gasteiger charge is 2.19. The third kappa shape index (κ3) is 4.06. The molecule has 17 heavy (non-hydrogen) atoms. The summed E-state index contributed by atoms with van der Waals surface area (Å²) >= 11 is 0. The van der Waals surface area contributed by atoms with Gasteiger partial charge in [-0.05, 0) is 12.8 Å². The third-order valence-corrected chi connectivity index (χ3v) is 3.16. The molecule has 4 heteroatoms. The van der Waals surface area contributed by atoms with Crippen molar-refractivity contribution in [2.45, 2.75) is 45.3 Å². The molecule has 0 spiro atoms. The molecular formula is C13H22N4. The molecule has 1 saturated heterocycles. The van der Waals surface area contributed by atoms with E-state index in [2.05, 4.69) is 34.0 Å². The summed E-state index contributed by atoms with van der Waals surface area (Å²) in [5.74, 6) is 0. The molecule has 1 aromatic heterocycles. The van der Waals surface area contributed by atoms with E-state index in [0.717, 1.165) is 25.3 Å². The van der Waals surface area contributed by atoms with Crippen molar-refractivity contribution in [3.8, 4) is 0 Å². The first kappa shape index (κ1) is 12.5. The van der Waals surface area contributed by atoms with Crippen LogP contribution in [0.4, 0.5) is 0 Å². The summed E-state index contributed by atoms with van der Waals surface area (Å²) in [6.07, 6.45) is 7.82. The van der Waals surface area contributed by atoms with Gasteiger partial charge in [0, 0.05) is 50.3 Å². The van der Waals surface area contributed by atoms with Crippen LogP contribution in [0.5, 0.6) is 0 Å². The Hall–Kier alpha value is -1.00. The molecular weight excluding hydrogens is 212 g/mol. The fourth-order valence-corrected chi connectivity index (χ4v) is 2.37. The zero-order chi connectivity index (χ0) is 12.1. The van der Waals surface area contributed by atoms with Crippen LogP contribution >= 0.6 is 0 Å². The second kappa shape index (κ2) is 6.07. The van der Waals surface area contributed by atoms with Gasteiger partial charge in [-0.3, -0.25) is 14.9 Å². The van der Waals surface area contributed by atoms with E-state index in [-0.39, 0.29) is 0 Å². The maximum absolute atomic E-state index is 4.32. The Labute approximate surface area is 103 Å². The van der Waals surface area contributed by atoms with Gasteiger partial charge in [-0.2, -0.15) is 0 Å². The molecule has 0 atom stereocenters. The molecule has 1 aliphatic rings. The van der Waals surface area contributed by atoms with E-state index in [9.17, 15) is 0 Å². The van der Waals surface area contributed by atoms with Crippen LogP contribution in [0.25, 0.3) is 0 Å². The highest BCUT2D eigenvalue weighted by molar-refractivity contribution is 4.95. The first-order valence-electron chi connectivity index (χ1n) is 6.47. The summed E-state index contributed by atoms with van der Waals surface area (Å²) in [6.45, 7) is 7.67. The number of aromatic nitrogens is 2. The van der Waals surface area contributed by atoms with Crippen molar-refractivity contribution >= 4 is 0 Å². The van der Waals surface area contributed by atoms with Gasteiger partial charge in [-0.25, -0.2) is 0 Å². The Bertz CT molecular complexity index is 317. The van der Waals surface area contributed by atoms with Crippen LogP contribution in [0.3, 0.4) is 0 Å². The van der Waals surface area contributed by atoms with Crippen LogP contribution < -0.4 is 5.32 Å². The fourth-order valence-electron chi connectivity index (χ4n) is 2.37. The highest BCUT2D eigenvalue weighted by Crippen LogP contribution is 2.12. The standard InChI is InChI=1S/C13H22N4/c1-11(2)16-12-3-7-17(8-4-12)10-13-9-14-5-6-15-13/h5-6,9,11-12,16H,3-4,7-8,10H2,1-2H3. The van der Waals surface area contributed by atoms with Gasteiger partial charge in [-0.1, -0.05) is 13.8 Å². The number of nitrogens with one attached hydrogen (secondary N) is 1.